The zero-order valence-corrected chi connectivity index (χ0v) is 25.9. The van der Waals surface area contributed by atoms with Crippen molar-refractivity contribution in [2.24, 2.45) is 0 Å². The molecule has 3 heteroatoms. The Kier molecular flexibility index (Phi) is 5.55. The minimum atomic E-state index is 0.182. The number of fused-ring (bicyclic) bond motifs is 8. The lowest BCUT2D eigenvalue weighted by molar-refractivity contribution is 0.669. The van der Waals surface area contributed by atoms with Crippen molar-refractivity contribution in [3.63, 3.8) is 0 Å². The summed E-state index contributed by atoms with van der Waals surface area (Å²) in [7, 11) is 0. The summed E-state index contributed by atoms with van der Waals surface area (Å²) in [6, 6.07) is 54.8. The van der Waals surface area contributed by atoms with Crippen LogP contribution >= 0.6 is 0 Å². The molecule has 0 fully saturated rings. The second-order valence-corrected chi connectivity index (χ2v) is 12.6. The zero-order chi connectivity index (χ0) is 31.1. The molecule has 0 saturated heterocycles. The number of hydrogen-bond donors (Lipinski definition) is 1. The van der Waals surface area contributed by atoms with Gasteiger partial charge in [-0.25, -0.2) is 0 Å². The fraction of sp³-hybridized carbons (Fsp3) is 0.0455. The van der Waals surface area contributed by atoms with Crippen LogP contribution in [0.4, 0.5) is 17.1 Å². The van der Waals surface area contributed by atoms with Gasteiger partial charge in [0.05, 0.1) is 11.4 Å². The lowest BCUT2D eigenvalue weighted by atomic mass is 9.86. The second-order valence-electron chi connectivity index (χ2n) is 12.6. The van der Waals surface area contributed by atoms with Crippen LogP contribution in [0.15, 0.2) is 156 Å². The summed E-state index contributed by atoms with van der Waals surface area (Å²) in [4.78, 5) is 2.37. The molecule has 0 bridgehead atoms. The molecule has 1 N–H and O–H groups in total. The van der Waals surface area contributed by atoms with Crippen LogP contribution in [0.1, 0.15) is 6.92 Å². The van der Waals surface area contributed by atoms with Crippen molar-refractivity contribution in [2.75, 3.05) is 10.2 Å². The number of anilines is 3. The van der Waals surface area contributed by atoms with Crippen molar-refractivity contribution in [1.29, 1.82) is 0 Å². The van der Waals surface area contributed by atoms with Crippen LogP contribution in [0.25, 0.3) is 76.5 Å². The van der Waals surface area contributed by atoms with Gasteiger partial charge >= 0.3 is 0 Å². The largest absolute Gasteiger partial charge is 0.456 e. The van der Waals surface area contributed by atoms with Gasteiger partial charge in [0.2, 0.25) is 0 Å². The van der Waals surface area contributed by atoms with Gasteiger partial charge in [-0.15, -0.1) is 0 Å². The van der Waals surface area contributed by atoms with Crippen molar-refractivity contribution in [3.05, 3.63) is 152 Å². The Morgan fingerprint density at radius 3 is 1.83 bits per heavy atom. The van der Waals surface area contributed by atoms with Gasteiger partial charge in [-0.3, -0.25) is 0 Å². The van der Waals surface area contributed by atoms with Gasteiger partial charge in [0.1, 0.15) is 17.3 Å². The van der Waals surface area contributed by atoms with E-state index >= 15 is 0 Å². The van der Waals surface area contributed by atoms with E-state index in [2.05, 4.69) is 169 Å². The highest BCUT2D eigenvalue weighted by Gasteiger charge is 2.26. The van der Waals surface area contributed by atoms with Crippen LogP contribution in [0.3, 0.4) is 0 Å². The van der Waals surface area contributed by atoms with Crippen LogP contribution in [0.5, 0.6) is 0 Å². The molecule has 222 valence electrons. The maximum atomic E-state index is 6.51. The van der Waals surface area contributed by atoms with Crippen molar-refractivity contribution >= 4 is 71.3 Å². The smallest absolute Gasteiger partial charge is 0.136 e. The van der Waals surface area contributed by atoms with Gasteiger partial charge in [0.15, 0.2) is 0 Å². The van der Waals surface area contributed by atoms with Crippen LogP contribution < -0.4 is 10.2 Å². The van der Waals surface area contributed by atoms with Crippen molar-refractivity contribution in [3.8, 4) is 22.3 Å². The maximum absolute atomic E-state index is 6.51. The average molecular weight is 603 g/mol. The normalized spacial score (nSPS) is 14.4. The average Bonchev–Trinajstić information content (AvgIpc) is 3.67. The quantitative estimate of drug-likeness (QED) is 0.204. The number of para-hydroxylation sites is 2. The van der Waals surface area contributed by atoms with Gasteiger partial charge in [-0.1, -0.05) is 109 Å². The first-order chi connectivity index (χ1) is 23.2. The van der Waals surface area contributed by atoms with E-state index in [-0.39, 0.29) is 6.17 Å². The number of nitrogens with one attached hydrogen (secondary N) is 1. The van der Waals surface area contributed by atoms with E-state index in [4.69, 9.17) is 4.42 Å². The Morgan fingerprint density at radius 1 is 0.511 bits per heavy atom. The number of hydrogen-bond acceptors (Lipinski definition) is 3. The minimum Gasteiger partial charge on any atom is -0.456 e. The molecule has 2 heterocycles. The fourth-order valence-electron chi connectivity index (χ4n) is 7.91. The molecule has 10 rings (SSSR count). The molecule has 0 saturated carbocycles. The van der Waals surface area contributed by atoms with E-state index in [1.807, 2.05) is 0 Å². The fourth-order valence-corrected chi connectivity index (χ4v) is 7.91. The number of rotatable bonds is 3. The van der Waals surface area contributed by atoms with E-state index in [0.29, 0.717) is 0 Å². The Labute approximate surface area is 272 Å². The highest BCUT2D eigenvalue weighted by atomic mass is 16.3. The topological polar surface area (TPSA) is 28.4 Å². The first-order valence-corrected chi connectivity index (χ1v) is 16.3. The first-order valence-electron chi connectivity index (χ1n) is 16.3. The third-order valence-electron chi connectivity index (χ3n) is 9.93. The Bertz CT molecular complexity index is 2630. The summed E-state index contributed by atoms with van der Waals surface area (Å²) in [5.41, 5.74) is 10.3. The zero-order valence-electron chi connectivity index (χ0n) is 25.9. The van der Waals surface area contributed by atoms with Gasteiger partial charge in [-0.2, -0.15) is 0 Å². The molecule has 1 aliphatic heterocycles. The molecule has 3 nitrogen and oxygen atoms in total. The SMILES string of the molecule is CC1Nc2ccccc2N1c1ccc(-c2c3ccccc3c(-c3ccc4c(c3)oc3ccc5ccccc5c34)c3ccccc23)cc1. The Hall–Kier alpha value is -6.06. The molecule has 0 spiro atoms. The highest BCUT2D eigenvalue weighted by molar-refractivity contribution is 6.23. The van der Waals surface area contributed by atoms with Gasteiger partial charge in [0.25, 0.3) is 0 Å². The molecule has 0 aliphatic carbocycles. The molecule has 0 radical (unpaired) electrons. The van der Waals surface area contributed by atoms with Crippen LogP contribution in [0.2, 0.25) is 0 Å². The Morgan fingerprint density at radius 2 is 1.11 bits per heavy atom. The van der Waals surface area contributed by atoms with Crippen molar-refractivity contribution in [1.82, 2.24) is 0 Å². The van der Waals surface area contributed by atoms with Crippen molar-refractivity contribution in [2.45, 2.75) is 13.1 Å². The number of benzene rings is 8. The molecular weight excluding hydrogens is 572 g/mol. The highest BCUT2D eigenvalue weighted by Crippen LogP contribution is 2.46. The summed E-state index contributed by atoms with van der Waals surface area (Å²) in [5.74, 6) is 0. The molecule has 1 aromatic heterocycles. The molecule has 47 heavy (non-hydrogen) atoms. The number of nitrogens with zero attached hydrogens (tertiary/aromatic N) is 1. The Balaban J connectivity index is 1.16. The van der Waals surface area contributed by atoms with Gasteiger partial charge in [-0.05, 0) is 104 Å². The summed E-state index contributed by atoms with van der Waals surface area (Å²) in [5, 5.41) is 13.3. The van der Waals surface area contributed by atoms with E-state index in [1.165, 1.54) is 71.5 Å². The summed E-state index contributed by atoms with van der Waals surface area (Å²) in [6.45, 7) is 2.21. The van der Waals surface area contributed by atoms with Crippen LogP contribution in [-0.2, 0) is 0 Å². The predicted molar refractivity (Wildman–Crippen MR) is 199 cm³/mol. The predicted octanol–water partition coefficient (Wildman–Crippen LogP) is 12.3. The van der Waals surface area contributed by atoms with E-state index in [1.54, 1.807) is 0 Å². The van der Waals surface area contributed by atoms with Gasteiger partial charge in [0, 0.05) is 16.5 Å². The molecule has 8 aromatic carbocycles. The summed E-state index contributed by atoms with van der Waals surface area (Å²) >= 11 is 0. The molecule has 1 atom stereocenters. The number of furan rings is 1. The van der Waals surface area contributed by atoms with E-state index < -0.39 is 0 Å². The first kappa shape index (κ1) is 26.2. The van der Waals surface area contributed by atoms with Crippen LogP contribution in [-0.4, -0.2) is 6.17 Å². The molecule has 0 amide bonds. The van der Waals surface area contributed by atoms with E-state index in [9.17, 15) is 0 Å². The lowest BCUT2D eigenvalue weighted by Crippen LogP contribution is -2.28. The van der Waals surface area contributed by atoms with Gasteiger partial charge < -0.3 is 14.6 Å². The third-order valence-corrected chi connectivity index (χ3v) is 9.93. The van der Waals surface area contributed by atoms with E-state index in [0.717, 1.165) is 22.1 Å². The molecular formula is C44H30N2O. The summed E-state index contributed by atoms with van der Waals surface area (Å²) in [6.07, 6.45) is 0.182. The minimum absolute atomic E-state index is 0.182. The molecule has 1 unspecified atom stereocenters. The van der Waals surface area contributed by atoms with Crippen LogP contribution in [0, 0.1) is 0 Å². The monoisotopic (exact) mass is 602 g/mol. The van der Waals surface area contributed by atoms with Crippen molar-refractivity contribution < 1.29 is 4.42 Å². The molecule has 1 aliphatic rings. The maximum Gasteiger partial charge on any atom is 0.136 e. The standard InChI is InChI=1S/C44H30N2O/c1-27-45-38-16-8-9-17-39(38)46(27)31-22-18-29(19-23-31)42-33-12-4-6-14-35(33)43(36-15-7-5-13-34(36)42)30-20-24-37-41(26-30)47-40-25-21-28-10-2-3-11-32(28)44(37)40/h2-27,45H,1H3. The summed E-state index contributed by atoms with van der Waals surface area (Å²) < 4.78 is 6.51. The molecule has 9 aromatic rings. The third kappa shape index (κ3) is 3.87. The lowest BCUT2D eigenvalue weighted by Gasteiger charge is -2.24. The second kappa shape index (κ2) is 9.97.